The molecule has 98 valence electrons. The summed E-state index contributed by atoms with van der Waals surface area (Å²) in [5.41, 5.74) is 1.84. The summed E-state index contributed by atoms with van der Waals surface area (Å²) in [5, 5.41) is 3.34. The third-order valence-electron chi connectivity index (χ3n) is 3.10. The summed E-state index contributed by atoms with van der Waals surface area (Å²) in [5.74, 6) is 2.38. The van der Waals surface area contributed by atoms with Crippen molar-refractivity contribution in [1.29, 1.82) is 0 Å². The van der Waals surface area contributed by atoms with Crippen molar-refractivity contribution in [3.8, 4) is 11.3 Å². The van der Waals surface area contributed by atoms with E-state index in [0.29, 0.717) is 5.92 Å². The molecule has 3 rings (SSSR count). The average Bonchev–Trinajstić information content (AvgIpc) is 3.30. The number of hydrogen-bond donors (Lipinski definition) is 1. The highest BCUT2D eigenvalue weighted by Gasteiger charge is 2.27. The Morgan fingerprint density at radius 3 is 2.68 bits per heavy atom. The summed E-state index contributed by atoms with van der Waals surface area (Å²) in [6.07, 6.45) is 8.57. The number of anilines is 1. The molecule has 2 heterocycles. The molecule has 5 nitrogen and oxygen atoms in total. The summed E-state index contributed by atoms with van der Waals surface area (Å²) >= 11 is 0. The topological polar surface area (TPSA) is 63.6 Å². The molecule has 0 saturated heterocycles. The maximum Gasteiger partial charge on any atom is 0.134 e. The standard InChI is InChI=1S/C14H17N5/c1-2-5-17-13-6-12(11-7-15-9-16-8-11)18-14(19-13)10-3-4-10/h6-10H,2-5H2,1H3,(H,17,18,19). The molecular formula is C14H17N5. The second kappa shape index (κ2) is 5.30. The van der Waals surface area contributed by atoms with Crippen molar-refractivity contribution in [3.05, 3.63) is 30.6 Å². The Morgan fingerprint density at radius 1 is 1.21 bits per heavy atom. The first-order chi connectivity index (χ1) is 9.36. The van der Waals surface area contributed by atoms with Crippen LogP contribution in [0.15, 0.2) is 24.8 Å². The van der Waals surface area contributed by atoms with Gasteiger partial charge in [0.05, 0.1) is 5.69 Å². The SMILES string of the molecule is CCCNc1cc(-c2cncnc2)nc(C2CC2)n1. The van der Waals surface area contributed by atoms with E-state index in [1.807, 2.05) is 6.07 Å². The number of nitrogens with zero attached hydrogens (tertiary/aromatic N) is 4. The molecule has 2 aromatic rings. The molecule has 1 N–H and O–H groups in total. The van der Waals surface area contributed by atoms with Gasteiger partial charge in [0.15, 0.2) is 0 Å². The highest BCUT2D eigenvalue weighted by molar-refractivity contribution is 5.60. The van der Waals surface area contributed by atoms with E-state index < -0.39 is 0 Å². The van der Waals surface area contributed by atoms with E-state index in [-0.39, 0.29) is 0 Å². The van der Waals surface area contributed by atoms with Crippen molar-refractivity contribution in [2.24, 2.45) is 0 Å². The van der Waals surface area contributed by atoms with Crippen molar-refractivity contribution >= 4 is 5.82 Å². The Hall–Kier alpha value is -2.04. The van der Waals surface area contributed by atoms with Crippen LogP contribution in [-0.2, 0) is 0 Å². The second-order valence-corrected chi connectivity index (χ2v) is 4.82. The van der Waals surface area contributed by atoms with E-state index in [9.17, 15) is 0 Å². The van der Waals surface area contributed by atoms with Gasteiger partial charge in [-0.05, 0) is 19.3 Å². The lowest BCUT2D eigenvalue weighted by Crippen LogP contribution is -2.05. The van der Waals surface area contributed by atoms with Crippen LogP contribution in [0.1, 0.15) is 37.9 Å². The van der Waals surface area contributed by atoms with Crippen LogP contribution in [0, 0.1) is 0 Å². The minimum Gasteiger partial charge on any atom is -0.370 e. The normalized spacial score (nSPS) is 14.4. The molecule has 5 heteroatoms. The van der Waals surface area contributed by atoms with E-state index in [1.165, 1.54) is 19.2 Å². The highest BCUT2D eigenvalue weighted by atomic mass is 15.0. The van der Waals surface area contributed by atoms with Crippen LogP contribution in [0.25, 0.3) is 11.3 Å². The number of nitrogens with one attached hydrogen (secondary N) is 1. The van der Waals surface area contributed by atoms with Gasteiger partial charge in [-0.25, -0.2) is 19.9 Å². The molecule has 0 amide bonds. The molecule has 0 aliphatic heterocycles. The van der Waals surface area contributed by atoms with E-state index in [1.54, 1.807) is 12.4 Å². The summed E-state index contributed by atoms with van der Waals surface area (Å²) in [6, 6.07) is 1.97. The summed E-state index contributed by atoms with van der Waals surface area (Å²) in [4.78, 5) is 17.3. The van der Waals surface area contributed by atoms with Gasteiger partial charge in [-0.3, -0.25) is 0 Å². The van der Waals surface area contributed by atoms with Crippen LogP contribution in [0.2, 0.25) is 0 Å². The Kier molecular flexibility index (Phi) is 3.35. The first kappa shape index (κ1) is 12.0. The molecule has 0 radical (unpaired) electrons. The number of aromatic nitrogens is 4. The minimum absolute atomic E-state index is 0.534. The first-order valence-electron chi connectivity index (χ1n) is 6.75. The zero-order chi connectivity index (χ0) is 13.1. The summed E-state index contributed by atoms with van der Waals surface area (Å²) in [6.45, 7) is 3.06. The third-order valence-corrected chi connectivity index (χ3v) is 3.10. The molecule has 1 saturated carbocycles. The molecule has 1 fully saturated rings. The van der Waals surface area contributed by atoms with Crippen LogP contribution in [0.5, 0.6) is 0 Å². The Bertz CT molecular complexity index is 551. The van der Waals surface area contributed by atoms with E-state index >= 15 is 0 Å². The molecular weight excluding hydrogens is 238 g/mol. The van der Waals surface area contributed by atoms with Gasteiger partial charge in [0.25, 0.3) is 0 Å². The van der Waals surface area contributed by atoms with Crippen LogP contribution in [-0.4, -0.2) is 26.5 Å². The zero-order valence-corrected chi connectivity index (χ0v) is 11.0. The van der Waals surface area contributed by atoms with Crippen molar-refractivity contribution in [2.45, 2.75) is 32.1 Å². The summed E-state index contributed by atoms with van der Waals surface area (Å²) < 4.78 is 0. The third kappa shape index (κ3) is 2.86. The molecule has 0 unspecified atom stereocenters. The lowest BCUT2D eigenvalue weighted by atomic mass is 10.2. The van der Waals surface area contributed by atoms with Gasteiger partial charge in [0, 0.05) is 36.5 Å². The quantitative estimate of drug-likeness (QED) is 0.889. The van der Waals surface area contributed by atoms with Crippen molar-refractivity contribution in [2.75, 3.05) is 11.9 Å². The fourth-order valence-electron chi connectivity index (χ4n) is 1.91. The van der Waals surface area contributed by atoms with E-state index in [2.05, 4.69) is 32.2 Å². The van der Waals surface area contributed by atoms with Crippen LogP contribution >= 0.6 is 0 Å². The Morgan fingerprint density at radius 2 is 2.00 bits per heavy atom. The second-order valence-electron chi connectivity index (χ2n) is 4.82. The highest BCUT2D eigenvalue weighted by Crippen LogP contribution is 2.39. The van der Waals surface area contributed by atoms with Gasteiger partial charge in [0.1, 0.15) is 18.0 Å². The van der Waals surface area contributed by atoms with Crippen molar-refractivity contribution < 1.29 is 0 Å². The van der Waals surface area contributed by atoms with Crippen molar-refractivity contribution in [1.82, 2.24) is 19.9 Å². The van der Waals surface area contributed by atoms with Gasteiger partial charge in [0.2, 0.25) is 0 Å². The van der Waals surface area contributed by atoms with Gasteiger partial charge in [-0.2, -0.15) is 0 Å². The number of rotatable bonds is 5. The van der Waals surface area contributed by atoms with E-state index in [0.717, 1.165) is 35.9 Å². The predicted molar refractivity (Wildman–Crippen MR) is 73.8 cm³/mol. The largest absolute Gasteiger partial charge is 0.370 e. The Labute approximate surface area is 112 Å². The molecule has 0 bridgehead atoms. The average molecular weight is 255 g/mol. The maximum absolute atomic E-state index is 4.64. The smallest absolute Gasteiger partial charge is 0.134 e. The van der Waals surface area contributed by atoms with Gasteiger partial charge >= 0.3 is 0 Å². The van der Waals surface area contributed by atoms with Crippen molar-refractivity contribution in [3.63, 3.8) is 0 Å². The Balaban J connectivity index is 1.96. The fourth-order valence-corrected chi connectivity index (χ4v) is 1.91. The molecule has 0 spiro atoms. The molecule has 1 aliphatic rings. The monoisotopic (exact) mass is 255 g/mol. The molecule has 1 aliphatic carbocycles. The maximum atomic E-state index is 4.64. The van der Waals surface area contributed by atoms with E-state index in [4.69, 9.17) is 0 Å². The van der Waals surface area contributed by atoms with Crippen LogP contribution in [0.3, 0.4) is 0 Å². The van der Waals surface area contributed by atoms with Crippen LogP contribution in [0.4, 0.5) is 5.82 Å². The van der Waals surface area contributed by atoms with Crippen LogP contribution < -0.4 is 5.32 Å². The predicted octanol–water partition coefficient (Wildman–Crippen LogP) is 2.63. The van der Waals surface area contributed by atoms with Gasteiger partial charge in [-0.1, -0.05) is 6.92 Å². The first-order valence-corrected chi connectivity index (χ1v) is 6.75. The molecule has 0 aromatic carbocycles. The summed E-state index contributed by atoms with van der Waals surface area (Å²) in [7, 11) is 0. The van der Waals surface area contributed by atoms with Gasteiger partial charge in [-0.15, -0.1) is 0 Å². The lowest BCUT2D eigenvalue weighted by Gasteiger charge is -2.08. The fraction of sp³-hybridized carbons (Fsp3) is 0.429. The minimum atomic E-state index is 0.534. The van der Waals surface area contributed by atoms with Gasteiger partial charge < -0.3 is 5.32 Å². The molecule has 0 atom stereocenters. The lowest BCUT2D eigenvalue weighted by molar-refractivity contribution is 0.910. The molecule has 19 heavy (non-hydrogen) atoms. The number of hydrogen-bond acceptors (Lipinski definition) is 5. The molecule has 2 aromatic heterocycles. The zero-order valence-electron chi connectivity index (χ0n) is 11.0.